The van der Waals surface area contributed by atoms with Crippen LogP contribution in [-0.2, 0) is 24.3 Å². The highest BCUT2D eigenvalue weighted by atomic mass is 35.5. The molecule has 0 saturated heterocycles. The number of furan rings is 1. The molecule has 1 amide bonds. The van der Waals surface area contributed by atoms with Crippen LogP contribution in [0.2, 0.25) is 10.0 Å². The average Bonchev–Trinajstić information content (AvgIpc) is 3.30. The molecule has 2 heterocycles. The first-order valence-corrected chi connectivity index (χ1v) is 9.94. The van der Waals surface area contributed by atoms with Gasteiger partial charge in [0.05, 0.1) is 33.9 Å². The number of benzene rings is 2. The van der Waals surface area contributed by atoms with Crippen molar-refractivity contribution in [3.05, 3.63) is 87.6 Å². The van der Waals surface area contributed by atoms with Crippen molar-refractivity contribution in [1.29, 1.82) is 0 Å². The molecule has 0 atom stereocenters. The van der Waals surface area contributed by atoms with Gasteiger partial charge in [0.2, 0.25) is 5.91 Å². The number of carbonyl (C=O) groups is 1. The predicted octanol–water partition coefficient (Wildman–Crippen LogP) is 5.15. The topological polar surface area (TPSA) is 60.1 Å². The van der Waals surface area contributed by atoms with E-state index in [1.807, 2.05) is 35.8 Å². The number of rotatable bonds is 6. The molecule has 148 valence electrons. The Morgan fingerprint density at radius 3 is 2.72 bits per heavy atom. The van der Waals surface area contributed by atoms with Crippen molar-refractivity contribution in [1.82, 2.24) is 14.9 Å². The largest absolute Gasteiger partial charge is 0.467 e. The molecule has 0 spiro atoms. The summed E-state index contributed by atoms with van der Waals surface area (Å²) >= 11 is 12.4. The van der Waals surface area contributed by atoms with E-state index in [-0.39, 0.29) is 12.5 Å². The Morgan fingerprint density at radius 1 is 1.14 bits per heavy atom. The number of imidazole rings is 1. The Morgan fingerprint density at radius 2 is 1.97 bits per heavy atom. The summed E-state index contributed by atoms with van der Waals surface area (Å²) in [5, 5.41) is 3.74. The first kappa shape index (κ1) is 19.6. The molecule has 5 nitrogen and oxygen atoms in total. The van der Waals surface area contributed by atoms with E-state index >= 15 is 0 Å². The van der Waals surface area contributed by atoms with Crippen LogP contribution < -0.4 is 5.32 Å². The lowest BCUT2D eigenvalue weighted by Crippen LogP contribution is -2.27. The van der Waals surface area contributed by atoms with Crippen molar-refractivity contribution < 1.29 is 9.21 Å². The summed E-state index contributed by atoms with van der Waals surface area (Å²) in [6.07, 6.45) is 2.17. The number of hydrogen-bond acceptors (Lipinski definition) is 3. The number of nitrogens with one attached hydrogen (secondary N) is 1. The zero-order valence-electron chi connectivity index (χ0n) is 15.8. The van der Waals surface area contributed by atoms with Crippen LogP contribution in [0.15, 0.2) is 59.2 Å². The molecule has 4 aromatic rings. The predicted molar refractivity (Wildman–Crippen MR) is 114 cm³/mol. The minimum Gasteiger partial charge on any atom is -0.467 e. The molecule has 0 radical (unpaired) electrons. The second-order valence-corrected chi connectivity index (χ2v) is 7.71. The van der Waals surface area contributed by atoms with Crippen LogP contribution in [0.5, 0.6) is 0 Å². The van der Waals surface area contributed by atoms with E-state index in [4.69, 9.17) is 32.6 Å². The van der Waals surface area contributed by atoms with Crippen molar-refractivity contribution in [2.75, 3.05) is 0 Å². The van der Waals surface area contributed by atoms with Gasteiger partial charge in [0.15, 0.2) is 0 Å². The third-order valence-corrected chi connectivity index (χ3v) is 5.38. The number of halogens is 2. The molecule has 0 unspecified atom stereocenters. The number of aryl methyl sites for hydroxylation is 1. The highest BCUT2D eigenvalue weighted by Gasteiger charge is 2.16. The summed E-state index contributed by atoms with van der Waals surface area (Å²) in [5.74, 6) is 1.33. The quantitative estimate of drug-likeness (QED) is 0.462. The van der Waals surface area contributed by atoms with Gasteiger partial charge in [-0.1, -0.05) is 53.0 Å². The maximum Gasteiger partial charge on any atom is 0.240 e. The molecule has 7 heteroatoms. The van der Waals surface area contributed by atoms with Crippen molar-refractivity contribution in [2.24, 2.45) is 0 Å². The van der Waals surface area contributed by atoms with Gasteiger partial charge >= 0.3 is 0 Å². The zero-order chi connectivity index (χ0) is 20.4. The molecule has 0 fully saturated rings. The summed E-state index contributed by atoms with van der Waals surface area (Å²) in [5.41, 5.74) is 3.78. The first-order chi connectivity index (χ1) is 14.0. The smallest absolute Gasteiger partial charge is 0.240 e. The number of fused-ring (bicyclic) bond motifs is 1. The van der Waals surface area contributed by atoms with Crippen molar-refractivity contribution in [3.63, 3.8) is 0 Å². The molecule has 4 rings (SSSR count). The van der Waals surface area contributed by atoms with Gasteiger partial charge < -0.3 is 14.3 Å². The van der Waals surface area contributed by atoms with Crippen LogP contribution >= 0.6 is 23.2 Å². The maximum atomic E-state index is 12.6. The summed E-state index contributed by atoms with van der Waals surface area (Å²) in [4.78, 5) is 17.3. The number of hydrogen-bond donors (Lipinski definition) is 1. The highest BCUT2D eigenvalue weighted by Crippen LogP contribution is 2.29. The van der Waals surface area contributed by atoms with E-state index in [1.54, 1.807) is 24.5 Å². The summed E-state index contributed by atoms with van der Waals surface area (Å²) in [6, 6.07) is 15.3. The molecule has 1 N–H and O–H groups in total. The molecule has 0 saturated carbocycles. The molecular formula is C22H19Cl2N3O2. The lowest BCUT2D eigenvalue weighted by molar-refractivity contribution is -0.121. The van der Waals surface area contributed by atoms with E-state index in [1.165, 1.54) is 5.56 Å². The highest BCUT2D eigenvalue weighted by molar-refractivity contribution is 6.42. The molecule has 0 aliphatic rings. The molecule has 0 aliphatic carbocycles. The summed E-state index contributed by atoms with van der Waals surface area (Å²) in [6.45, 7) is 2.50. The van der Waals surface area contributed by atoms with E-state index < -0.39 is 0 Å². The van der Waals surface area contributed by atoms with Gasteiger partial charge in [0, 0.05) is 6.42 Å². The molecule has 2 aromatic heterocycles. The lowest BCUT2D eigenvalue weighted by atomic mass is 10.1. The average molecular weight is 428 g/mol. The van der Waals surface area contributed by atoms with Gasteiger partial charge in [-0.25, -0.2) is 4.98 Å². The minimum absolute atomic E-state index is 0.121. The Bertz CT molecular complexity index is 1170. The maximum absolute atomic E-state index is 12.6. The number of carbonyl (C=O) groups excluding carboxylic acids is 1. The fourth-order valence-corrected chi connectivity index (χ4v) is 3.60. The third kappa shape index (κ3) is 4.47. The fraction of sp³-hybridized carbons (Fsp3) is 0.182. The normalized spacial score (nSPS) is 11.1. The molecule has 0 bridgehead atoms. The number of aromatic nitrogens is 2. The van der Waals surface area contributed by atoms with Crippen molar-refractivity contribution in [2.45, 2.75) is 26.4 Å². The Hall–Kier alpha value is -2.76. The molecule has 29 heavy (non-hydrogen) atoms. The van der Waals surface area contributed by atoms with Crippen LogP contribution in [0.1, 0.15) is 22.7 Å². The van der Waals surface area contributed by atoms with Gasteiger partial charge in [-0.2, -0.15) is 0 Å². The number of nitrogens with zero attached hydrogens (tertiary/aromatic N) is 2. The zero-order valence-corrected chi connectivity index (χ0v) is 17.3. The Balaban J connectivity index is 1.65. The van der Waals surface area contributed by atoms with Crippen LogP contribution in [0, 0.1) is 6.92 Å². The van der Waals surface area contributed by atoms with E-state index in [0.717, 1.165) is 16.9 Å². The van der Waals surface area contributed by atoms with Crippen molar-refractivity contribution >= 4 is 40.1 Å². The van der Waals surface area contributed by atoms with Gasteiger partial charge in [-0.05, 0) is 36.8 Å². The monoisotopic (exact) mass is 427 g/mol. The second-order valence-electron chi connectivity index (χ2n) is 6.89. The Kier molecular flexibility index (Phi) is 5.60. The third-order valence-electron chi connectivity index (χ3n) is 4.66. The van der Waals surface area contributed by atoms with Gasteiger partial charge in [-0.3, -0.25) is 4.79 Å². The van der Waals surface area contributed by atoms with Gasteiger partial charge in [0.1, 0.15) is 18.1 Å². The van der Waals surface area contributed by atoms with E-state index in [0.29, 0.717) is 34.3 Å². The van der Waals surface area contributed by atoms with Crippen LogP contribution in [0.3, 0.4) is 0 Å². The summed E-state index contributed by atoms with van der Waals surface area (Å²) in [7, 11) is 0. The lowest BCUT2D eigenvalue weighted by Gasteiger charge is -2.10. The molecule has 2 aromatic carbocycles. The first-order valence-electron chi connectivity index (χ1n) is 9.18. The van der Waals surface area contributed by atoms with E-state index in [2.05, 4.69) is 11.4 Å². The van der Waals surface area contributed by atoms with Gasteiger partial charge in [-0.15, -0.1) is 0 Å². The minimum atomic E-state index is -0.141. The standard InChI is InChI=1S/C22H19Cl2N3O2/c1-14-4-2-5-15(8-14)9-21-26-19-10-17(23)18(24)11-20(19)27(21)13-22(28)25-12-16-6-3-7-29-16/h2-8,10-11H,9,12-13H2,1H3,(H,25,28). The second kappa shape index (κ2) is 8.31. The Labute approximate surface area is 178 Å². The molecule has 0 aliphatic heterocycles. The van der Waals surface area contributed by atoms with Crippen LogP contribution in [-0.4, -0.2) is 15.5 Å². The summed E-state index contributed by atoms with van der Waals surface area (Å²) < 4.78 is 7.15. The number of amides is 1. The fourth-order valence-electron chi connectivity index (χ4n) is 3.28. The van der Waals surface area contributed by atoms with Gasteiger partial charge in [0.25, 0.3) is 0 Å². The van der Waals surface area contributed by atoms with Crippen LogP contribution in [0.4, 0.5) is 0 Å². The molecular weight excluding hydrogens is 409 g/mol. The van der Waals surface area contributed by atoms with Crippen LogP contribution in [0.25, 0.3) is 11.0 Å². The SMILES string of the molecule is Cc1cccc(Cc2nc3cc(Cl)c(Cl)cc3n2CC(=O)NCc2ccco2)c1. The van der Waals surface area contributed by atoms with E-state index in [9.17, 15) is 4.79 Å². The van der Waals surface area contributed by atoms with Crippen molar-refractivity contribution in [3.8, 4) is 0 Å².